The molecule has 5 nitrogen and oxygen atoms in total. The highest BCUT2D eigenvalue weighted by atomic mass is 19.1. The Bertz CT molecular complexity index is 531. The second-order valence-corrected chi connectivity index (χ2v) is 5.88. The van der Waals surface area contributed by atoms with Crippen LogP contribution in [-0.2, 0) is 4.74 Å². The Morgan fingerprint density at radius 1 is 1.30 bits per heavy atom. The molecule has 0 spiro atoms. The monoisotopic (exact) mass is 323 g/mol. The fraction of sp³-hybridized carbons (Fsp3) is 0.588. The largest absolute Gasteiger partial charge is 0.380 e. The zero-order chi connectivity index (χ0) is 16.8. The third kappa shape index (κ3) is 4.65. The lowest BCUT2D eigenvalue weighted by Gasteiger charge is -2.34. The molecule has 0 aliphatic carbocycles. The summed E-state index contributed by atoms with van der Waals surface area (Å²) in [5.74, 6) is -0.521. The average Bonchev–Trinajstić information content (AvgIpc) is 2.55. The van der Waals surface area contributed by atoms with Crippen LogP contribution in [0, 0.1) is 5.82 Å². The predicted molar refractivity (Wildman–Crippen MR) is 89.6 cm³/mol. The molecule has 1 aromatic carbocycles. The van der Waals surface area contributed by atoms with Crippen molar-refractivity contribution >= 4 is 11.6 Å². The second kappa shape index (κ2) is 8.26. The maximum atomic E-state index is 14.4. The molecule has 1 aliphatic heterocycles. The molecular weight excluding hydrogens is 297 g/mol. The molecular formula is C17H26FN3O2. The first-order chi connectivity index (χ1) is 11.0. The van der Waals surface area contributed by atoms with Crippen molar-refractivity contribution < 1.29 is 13.9 Å². The van der Waals surface area contributed by atoms with Crippen LogP contribution in [0.15, 0.2) is 18.2 Å². The Hall–Kier alpha value is -1.66. The van der Waals surface area contributed by atoms with Crippen LogP contribution in [0.25, 0.3) is 0 Å². The average molecular weight is 323 g/mol. The number of likely N-dealkylation sites (N-methyl/N-ethyl adjacent to an activating group) is 2. The molecule has 0 saturated carbocycles. The van der Waals surface area contributed by atoms with Crippen LogP contribution in [0.1, 0.15) is 17.3 Å². The molecule has 1 saturated heterocycles. The summed E-state index contributed by atoms with van der Waals surface area (Å²) in [5.41, 5.74) is 0.950. The van der Waals surface area contributed by atoms with E-state index in [9.17, 15) is 9.18 Å². The fourth-order valence-corrected chi connectivity index (χ4v) is 2.61. The fourth-order valence-electron chi connectivity index (χ4n) is 2.61. The SMILES string of the molecule is CCOCCN(C)C(=O)c1ccc(N2CCN(C)CC2)c(F)c1. The van der Waals surface area contributed by atoms with Crippen molar-refractivity contribution in [1.29, 1.82) is 0 Å². The highest BCUT2D eigenvalue weighted by Crippen LogP contribution is 2.22. The highest BCUT2D eigenvalue weighted by molar-refractivity contribution is 5.94. The van der Waals surface area contributed by atoms with Crippen LogP contribution < -0.4 is 4.90 Å². The lowest BCUT2D eigenvalue weighted by atomic mass is 10.1. The minimum Gasteiger partial charge on any atom is -0.380 e. The summed E-state index contributed by atoms with van der Waals surface area (Å²) in [5, 5.41) is 0. The maximum Gasteiger partial charge on any atom is 0.253 e. The maximum absolute atomic E-state index is 14.4. The molecule has 0 atom stereocenters. The summed E-state index contributed by atoms with van der Waals surface area (Å²) in [6, 6.07) is 4.76. The summed E-state index contributed by atoms with van der Waals surface area (Å²) >= 11 is 0. The number of benzene rings is 1. The van der Waals surface area contributed by atoms with Crippen molar-refractivity contribution in [3.05, 3.63) is 29.6 Å². The Morgan fingerprint density at radius 3 is 2.61 bits per heavy atom. The van der Waals surface area contributed by atoms with Crippen LogP contribution in [0.2, 0.25) is 0 Å². The van der Waals surface area contributed by atoms with Crippen molar-refractivity contribution in [2.24, 2.45) is 0 Å². The molecule has 0 N–H and O–H groups in total. The molecule has 23 heavy (non-hydrogen) atoms. The van der Waals surface area contributed by atoms with Crippen molar-refractivity contribution in [2.45, 2.75) is 6.92 Å². The Kier molecular flexibility index (Phi) is 6.36. The number of ether oxygens (including phenoxy) is 1. The van der Waals surface area contributed by atoms with Gasteiger partial charge >= 0.3 is 0 Å². The molecule has 2 rings (SSSR count). The lowest BCUT2D eigenvalue weighted by Crippen LogP contribution is -2.44. The number of nitrogens with zero attached hydrogens (tertiary/aromatic N) is 3. The van der Waals surface area contributed by atoms with Gasteiger partial charge in [-0.2, -0.15) is 0 Å². The van der Waals surface area contributed by atoms with E-state index in [0.29, 0.717) is 31.0 Å². The number of halogens is 1. The van der Waals surface area contributed by atoms with Gasteiger partial charge in [0, 0.05) is 51.9 Å². The molecule has 6 heteroatoms. The number of carbonyl (C=O) groups is 1. The number of anilines is 1. The Balaban J connectivity index is 2.02. The quantitative estimate of drug-likeness (QED) is 0.747. The number of hydrogen-bond donors (Lipinski definition) is 0. The minimum absolute atomic E-state index is 0.187. The predicted octanol–water partition coefficient (Wildman–Crippen LogP) is 1.69. The van der Waals surface area contributed by atoms with Gasteiger partial charge in [0.05, 0.1) is 12.3 Å². The van der Waals surface area contributed by atoms with Gasteiger partial charge in [-0.1, -0.05) is 0 Å². The highest BCUT2D eigenvalue weighted by Gasteiger charge is 2.19. The molecule has 0 radical (unpaired) electrons. The normalized spacial score (nSPS) is 15.7. The summed E-state index contributed by atoms with van der Waals surface area (Å²) < 4.78 is 19.7. The second-order valence-electron chi connectivity index (χ2n) is 5.88. The van der Waals surface area contributed by atoms with Crippen LogP contribution in [0.5, 0.6) is 0 Å². The molecule has 0 bridgehead atoms. The summed E-state index contributed by atoms with van der Waals surface area (Å²) in [6.07, 6.45) is 0. The lowest BCUT2D eigenvalue weighted by molar-refractivity contribution is 0.0709. The van der Waals surface area contributed by atoms with Crippen LogP contribution in [-0.4, -0.2) is 75.7 Å². The summed E-state index contributed by atoms with van der Waals surface area (Å²) in [7, 11) is 3.77. The van der Waals surface area contributed by atoms with E-state index in [1.54, 1.807) is 24.1 Å². The van der Waals surface area contributed by atoms with Gasteiger partial charge < -0.3 is 19.4 Å². The van der Waals surface area contributed by atoms with E-state index in [1.165, 1.54) is 6.07 Å². The van der Waals surface area contributed by atoms with E-state index in [4.69, 9.17) is 4.74 Å². The first-order valence-corrected chi connectivity index (χ1v) is 8.09. The van der Waals surface area contributed by atoms with Crippen molar-refractivity contribution in [1.82, 2.24) is 9.80 Å². The van der Waals surface area contributed by atoms with Gasteiger partial charge in [0.15, 0.2) is 0 Å². The summed E-state index contributed by atoms with van der Waals surface area (Å²) in [4.78, 5) is 18.1. The van der Waals surface area contributed by atoms with E-state index in [-0.39, 0.29) is 11.7 Å². The number of hydrogen-bond acceptors (Lipinski definition) is 4. The van der Waals surface area contributed by atoms with Gasteiger partial charge in [-0.05, 0) is 32.2 Å². The third-order valence-electron chi connectivity index (χ3n) is 4.16. The van der Waals surface area contributed by atoms with Crippen molar-refractivity contribution in [3.8, 4) is 0 Å². The first-order valence-electron chi connectivity index (χ1n) is 8.09. The van der Waals surface area contributed by atoms with Crippen molar-refractivity contribution in [2.75, 3.05) is 64.9 Å². The molecule has 1 aliphatic rings. The van der Waals surface area contributed by atoms with Crippen LogP contribution in [0.4, 0.5) is 10.1 Å². The molecule has 0 unspecified atom stereocenters. The summed E-state index contributed by atoms with van der Waals surface area (Å²) in [6.45, 7) is 6.95. The number of carbonyl (C=O) groups excluding carboxylic acids is 1. The topological polar surface area (TPSA) is 36.0 Å². The number of piperazine rings is 1. The molecule has 1 fully saturated rings. The van der Waals surface area contributed by atoms with Gasteiger partial charge in [-0.15, -0.1) is 0 Å². The Morgan fingerprint density at radius 2 is 2.00 bits per heavy atom. The zero-order valence-electron chi connectivity index (χ0n) is 14.2. The van der Waals surface area contributed by atoms with Crippen LogP contribution >= 0.6 is 0 Å². The molecule has 1 amide bonds. The van der Waals surface area contributed by atoms with Gasteiger partial charge in [0.2, 0.25) is 0 Å². The first kappa shape index (κ1) is 17.7. The van der Waals surface area contributed by atoms with Gasteiger partial charge in [-0.3, -0.25) is 4.79 Å². The van der Waals surface area contributed by atoms with Gasteiger partial charge in [0.1, 0.15) is 5.82 Å². The van der Waals surface area contributed by atoms with Crippen LogP contribution in [0.3, 0.4) is 0 Å². The van der Waals surface area contributed by atoms with Crippen molar-refractivity contribution in [3.63, 3.8) is 0 Å². The number of rotatable bonds is 6. The smallest absolute Gasteiger partial charge is 0.253 e. The van der Waals surface area contributed by atoms with E-state index >= 15 is 0 Å². The molecule has 1 aromatic rings. The molecule has 128 valence electrons. The minimum atomic E-state index is -0.335. The molecule has 1 heterocycles. The van der Waals surface area contributed by atoms with E-state index in [2.05, 4.69) is 11.9 Å². The number of amides is 1. The zero-order valence-corrected chi connectivity index (χ0v) is 14.2. The Labute approximate surface area is 137 Å². The molecule has 0 aromatic heterocycles. The third-order valence-corrected chi connectivity index (χ3v) is 4.16. The van der Waals surface area contributed by atoms with Gasteiger partial charge in [-0.25, -0.2) is 4.39 Å². The van der Waals surface area contributed by atoms with E-state index < -0.39 is 0 Å². The standard InChI is InChI=1S/C17H26FN3O2/c1-4-23-12-11-20(3)17(22)14-5-6-16(15(18)13-14)21-9-7-19(2)8-10-21/h5-6,13H,4,7-12H2,1-3H3. The van der Waals surface area contributed by atoms with E-state index in [0.717, 1.165) is 26.2 Å². The van der Waals surface area contributed by atoms with Gasteiger partial charge in [0.25, 0.3) is 5.91 Å². The van der Waals surface area contributed by atoms with E-state index in [1.807, 2.05) is 11.8 Å².